The number of benzene rings is 2. The van der Waals surface area contributed by atoms with E-state index in [0.717, 1.165) is 0 Å². The van der Waals surface area contributed by atoms with E-state index in [1.807, 2.05) is 0 Å². The summed E-state index contributed by atoms with van der Waals surface area (Å²) in [5.74, 6) is 0.553. The van der Waals surface area contributed by atoms with Crippen LogP contribution in [0.4, 0.5) is 0 Å². The fraction of sp³-hybridized carbons (Fsp3) is 0.333. The lowest BCUT2D eigenvalue weighted by Crippen LogP contribution is -2.46. The highest BCUT2D eigenvalue weighted by Crippen LogP contribution is 2.30. The zero-order chi connectivity index (χ0) is 21.0. The maximum absolute atomic E-state index is 13.0. The average molecular weight is 437 g/mol. The molecule has 0 bridgehead atoms. The van der Waals surface area contributed by atoms with Crippen LogP contribution in [0.2, 0.25) is 10.0 Å². The van der Waals surface area contributed by atoms with E-state index in [1.54, 1.807) is 41.3 Å². The molecule has 8 heteroatoms. The second kappa shape index (κ2) is 9.37. The smallest absolute Gasteiger partial charge is 0.261 e. The number of carbonyl (C=O) groups is 2. The van der Waals surface area contributed by atoms with E-state index in [9.17, 15) is 9.59 Å². The molecule has 1 N–H and O–H groups in total. The van der Waals surface area contributed by atoms with Gasteiger partial charge in [0.05, 0.1) is 24.8 Å². The molecule has 6 nitrogen and oxygen atoms in total. The molecule has 2 aromatic rings. The SMILES string of the molecule is COc1cccc(OC)c1C(=O)N1CCC(NC(=O)c2ccc(Cl)cc2Cl)CC1. The first-order chi connectivity index (χ1) is 13.9. The maximum Gasteiger partial charge on any atom is 0.261 e. The molecule has 0 unspecified atom stereocenters. The molecule has 1 aliphatic heterocycles. The molecule has 0 saturated carbocycles. The minimum absolute atomic E-state index is 0.0436. The standard InChI is InChI=1S/C21H22Cl2N2O4/c1-28-17-4-3-5-18(29-2)19(17)21(27)25-10-8-14(9-11-25)24-20(26)15-7-6-13(22)12-16(15)23/h3-7,12,14H,8-11H2,1-2H3,(H,24,26). The molecule has 1 aliphatic rings. The van der Waals surface area contributed by atoms with Gasteiger partial charge in [0.25, 0.3) is 11.8 Å². The van der Waals surface area contributed by atoms with Crippen LogP contribution in [0, 0.1) is 0 Å². The lowest BCUT2D eigenvalue weighted by atomic mass is 10.0. The van der Waals surface area contributed by atoms with Gasteiger partial charge in [-0.3, -0.25) is 9.59 Å². The van der Waals surface area contributed by atoms with Gasteiger partial charge in [-0.05, 0) is 43.2 Å². The number of nitrogens with one attached hydrogen (secondary N) is 1. The van der Waals surface area contributed by atoms with Crippen LogP contribution >= 0.6 is 23.2 Å². The van der Waals surface area contributed by atoms with Gasteiger partial charge in [-0.1, -0.05) is 29.3 Å². The summed E-state index contributed by atoms with van der Waals surface area (Å²) < 4.78 is 10.7. The third-order valence-electron chi connectivity index (χ3n) is 4.93. The summed E-state index contributed by atoms with van der Waals surface area (Å²) >= 11 is 12.0. The summed E-state index contributed by atoms with van der Waals surface area (Å²) in [6.45, 7) is 1.03. The zero-order valence-corrected chi connectivity index (χ0v) is 17.7. The van der Waals surface area contributed by atoms with Crippen LogP contribution in [-0.2, 0) is 0 Å². The Morgan fingerprint density at radius 1 is 1.03 bits per heavy atom. The summed E-state index contributed by atoms with van der Waals surface area (Å²) in [6, 6.07) is 9.98. The summed E-state index contributed by atoms with van der Waals surface area (Å²) in [4.78, 5) is 27.3. The Balaban J connectivity index is 1.64. The fourth-order valence-corrected chi connectivity index (χ4v) is 3.88. The van der Waals surface area contributed by atoms with Crippen molar-refractivity contribution in [3.05, 3.63) is 57.6 Å². The van der Waals surface area contributed by atoms with Crippen molar-refractivity contribution >= 4 is 35.0 Å². The molecule has 2 aromatic carbocycles. The summed E-state index contributed by atoms with van der Waals surface area (Å²) in [5.41, 5.74) is 0.793. The number of nitrogens with zero attached hydrogens (tertiary/aromatic N) is 1. The third kappa shape index (κ3) is 4.77. The van der Waals surface area contributed by atoms with E-state index in [0.29, 0.717) is 58.6 Å². The Bertz CT molecular complexity index is 889. The van der Waals surface area contributed by atoms with Gasteiger partial charge in [0.15, 0.2) is 0 Å². The molecule has 0 atom stereocenters. The molecular formula is C21H22Cl2N2O4. The number of hydrogen-bond acceptors (Lipinski definition) is 4. The van der Waals surface area contributed by atoms with Crippen molar-refractivity contribution in [3.63, 3.8) is 0 Å². The fourth-order valence-electron chi connectivity index (χ4n) is 3.38. The first-order valence-corrected chi connectivity index (χ1v) is 9.96. The van der Waals surface area contributed by atoms with Crippen molar-refractivity contribution in [3.8, 4) is 11.5 Å². The van der Waals surface area contributed by atoms with Crippen LogP contribution in [0.15, 0.2) is 36.4 Å². The van der Waals surface area contributed by atoms with Gasteiger partial charge in [-0.25, -0.2) is 0 Å². The van der Waals surface area contributed by atoms with Crippen molar-refractivity contribution in [2.45, 2.75) is 18.9 Å². The number of rotatable bonds is 5. The molecule has 3 rings (SSSR count). The van der Waals surface area contributed by atoms with E-state index in [1.165, 1.54) is 14.2 Å². The van der Waals surface area contributed by atoms with Crippen LogP contribution in [0.1, 0.15) is 33.6 Å². The molecule has 1 heterocycles. The molecule has 1 saturated heterocycles. The Kier molecular flexibility index (Phi) is 6.87. The molecule has 29 heavy (non-hydrogen) atoms. The quantitative estimate of drug-likeness (QED) is 0.767. The molecule has 0 aromatic heterocycles. The molecule has 1 fully saturated rings. The Labute approximate surface area is 179 Å². The van der Waals surface area contributed by atoms with Gasteiger partial charge in [-0.15, -0.1) is 0 Å². The Morgan fingerprint density at radius 2 is 1.66 bits per heavy atom. The Hall–Kier alpha value is -2.44. The molecule has 2 amide bonds. The molecule has 0 radical (unpaired) electrons. The number of ether oxygens (including phenoxy) is 2. The van der Waals surface area contributed by atoms with Crippen molar-refractivity contribution in [1.82, 2.24) is 10.2 Å². The lowest BCUT2D eigenvalue weighted by molar-refractivity contribution is 0.0691. The number of amides is 2. The second-order valence-electron chi connectivity index (χ2n) is 6.70. The van der Waals surface area contributed by atoms with Crippen molar-refractivity contribution in [2.75, 3.05) is 27.3 Å². The molecule has 0 spiro atoms. The number of hydrogen-bond donors (Lipinski definition) is 1. The van der Waals surface area contributed by atoms with E-state index < -0.39 is 0 Å². The highest BCUT2D eigenvalue weighted by atomic mass is 35.5. The zero-order valence-electron chi connectivity index (χ0n) is 16.2. The van der Waals surface area contributed by atoms with E-state index in [-0.39, 0.29) is 17.9 Å². The van der Waals surface area contributed by atoms with Gasteiger partial charge in [-0.2, -0.15) is 0 Å². The number of likely N-dealkylation sites (tertiary alicyclic amines) is 1. The van der Waals surface area contributed by atoms with E-state index in [2.05, 4.69) is 5.32 Å². The minimum atomic E-state index is -0.247. The van der Waals surface area contributed by atoms with Crippen LogP contribution < -0.4 is 14.8 Å². The summed E-state index contributed by atoms with van der Waals surface area (Å²) in [6.07, 6.45) is 1.28. The molecule has 0 aliphatic carbocycles. The average Bonchev–Trinajstić information content (AvgIpc) is 2.73. The first-order valence-electron chi connectivity index (χ1n) is 9.20. The number of halogens is 2. The highest BCUT2D eigenvalue weighted by molar-refractivity contribution is 6.36. The van der Waals surface area contributed by atoms with Gasteiger partial charge in [0.1, 0.15) is 17.1 Å². The van der Waals surface area contributed by atoms with Gasteiger partial charge in [0, 0.05) is 24.2 Å². The number of methoxy groups -OCH3 is 2. The van der Waals surface area contributed by atoms with E-state index in [4.69, 9.17) is 32.7 Å². The van der Waals surface area contributed by atoms with Crippen molar-refractivity contribution < 1.29 is 19.1 Å². The van der Waals surface area contributed by atoms with Gasteiger partial charge < -0.3 is 19.7 Å². The monoisotopic (exact) mass is 436 g/mol. The predicted molar refractivity (Wildman–Crippen MR) is 112 cm³/mol. The molecule has 154 valence electrons. The Morgan fingerprint density at radius 3 is 2.21 bits per heavy atom. The predicted octanol–water partition coefficient (Wildman–Crippen LogP) is 4.05. The molecular weight excluding hydrogens is 415 g/mol. The third-order valence-corrected chi connectivity index (χ3v) is 5.48. The topological polar surface area (TPSA) is 67.9 Å². The first kappa shape index (κ1) is 21.3. The van der Waals surface area contributed by atoms with Crippen LogP contribution in [0.3, 0.4) is 0 Å². The van der Waals surface area contributed by atoms with E-state index >= 15 is 0 Å². The van der Waals surface area contributed by atoms with Crippen LogP contribution in [-0.4, -0.2) is 50.1 Å². The summed E-state index contributed by atoms with van der Waals surface area (Å²) in [7, 11) is 3.05. The van der Waals surface area contributed by atoms with Crippen molar-refractivity contribution in [2.24, 2.45) is 0 Å². The van der Waals surface area contributed by atoms with Crippen LogP contribution in [0.25, 0.3) is 0 Å². The number of carbonyl (C=O) groups excluding carboxylic acids is 2. The largest absolute Gasteiger partial charge is 0.496 e. The second-order valence-corrected chi connectivity index (χ2v) is 7.55. The minimum Gasteiger partial charge on any atom is -0.496 e. The van der Waals surface area contributed by atoms with Gasteiger partial charge in [0.2, 0.25) is 0 Å². The highest BCUT2D eigenvalue weighted by Gasteiger charge is 2.28. The van der Waals surface area contributed by atoms with Gasteiger partial charge >= 0.3 is 0 Å². The van der Waals surface area contributed by atoms with Crippen molar-refractivity contribution in [1.29, 1.82) is 0 Å². The number of piperidine rings is 1. The normalized spacial score (nSPS) is 14.4. The lowest BCUT2D eigenvalue weighted by Gasteiger charge is -2.33. The summed E-state index contributed by atoms with van der Waals surface area (Å²) in [5, 5.41) is 3.77. The van der Waals surface area contributed by atoms with Crippen LogP contribution in [0.5, 0.6) is 11.5 Å². The maximum atomic E-state index is 13.0.